The monoisotopic (exact) mass is 217 g/mol. The predicted octanol–water partition coefficient (Wildman–Crippen LogP) is 2.59. The van der Waals surface area contributed by atoms with Crippen LogP contribution in [0.25, 0.3) is 0 Å². The normalized spacial score (nSPS) is 12.2. The molecule has 16 heavy (non-hydrogen) atoms. The Balaban J connectivity index is 2.49. The van der Waals surface area contributed by atoms with E-state index >= 15 is 0 Å². The van der Waals surface area contributed by atoms with Gasteiger partial charge in [-0.15, -0.1) is 6.42 Å². The molecular formula is C14H19NO. The summed E-state index contributed by atoms with van der Waals surface area (Å²) >= 11 is 0. The van der Waals surface area contributed by atoms with Crippen molar-refractivity contribution in [2.24, 2.45) is 0 Å². The number of benzene rings is 1. The fourth-order valence-corrected chi connectivity index (χ4v) is 1.29. The summed E-state index contributed by atoms with van der Waals surface area (Å²) in [6.07, 6.45) is 5.50. The highest BCUT2D eigenvalue weighted by atomic mass is 16.5. The first-order chi connectivity index (χ1) is 7.61. The van der Waals surface area contributed by atoms with E-state index in [2.05, 4.69) is 11.2 Å². The summed E-state index contributed by atoms with van der Waals surface area (Å²) in [5.41, 5.74) is 1.21. The lowest BCUT2D eigenvalue weighted by molar-refractivity contribution is 0.242. The molecule has 1 unspecified atom stereocenters. The third-order valence-corrected chi connectivity index (χ3v) is 2.16. The largest absolute Gasteiger partial charge is 0.491 e. The summed E-state index contributed by atoms with van der Waals surface area (Å²) in [7, 11) is 0. The second kappa shape index (κ2) is 6.19. The van der Waals surface area contributed by atoms with Crippen LogP contribution in [0.15, 0.2) is 24.3 Å². The Bertz CT molecular complexity index is 348. The predicted molar refractivity (Wildman–Crippen MR) is 67.3 cm³/mol. The molecule has 1 atom stereocenters. The van der Waals surface area contributed by atoms with Gasteiger partial charge in [0.15, 0.2) is 0 Å². The Morgan fingerprint density at radius 3 is 2.38 bits per heavy atom. The van der Waals surface area contributed by atoms with Crippen LogP contribution in [0.4, 0.5) is 0 Å². The molecular weight excluding hydrogens is 198 g/mol. The second-order valence-corrected chi connectivity index (χ2v) is 4.08. The van der Waals surface area contributed by atoms with Gasteiger partial charge in [-0.1, -0.05) is 18.1 Å². The van der Waals surface area contributed by atoms with Crippen LogP contribution in [0.5, 0.6) is 5.75 Å². The van der Waals surface area contributed by atoms with E-state index in [0.717, 1.165) is 12.3 Å². The van der Waals surface area contributed by atoms with E-state index in [1.807, 2.05) is 45.0 Å². The number of rotatable bonds is 5. The van der Waals surface area contributed by atoms with E-state index < -0.39 is 0 Å². The summed E-state index contributed by atoms with van der Waals surface area (Å²) in [4.78, 5) is 0. The van der Waals surface area contributed by atoms with E-state index in [-0.39, 0.29) is 12.1 Å². The van der Waals surface area contributed by atoms with Crippen molar-refractivity contribution in [1.29, 1.82) is 0 Å². The lowest BCUT2D eigenvalue weighted by atomic mass is 10.2. The number of ether oxygens (including phenoxy) is 1. The molecule has 0 saturated heterocycles. The van der Waals surface area contributed by atoms with E-state index in [0.29, 0.717) is 0 Å². The van der Waals surface area contributed by atoms with Gasteiger partial charge in [-0.2, -0.15) is 0 Å². The van der Waals surface area contributed by atoms with Gasteiger partial charge in [0, 0.05) is 6.54 Å². The van der Waals surface area contributed by atoms with Crippen LogP contribution < -0.4 is 10.1 Å². The van der Waals surface area contributed by atoms with Crippen molar-refractivity contribution in [2.75, 3.05) is 0 Å². The fourth-order valence-electron chi connectivity index (χ4n) is 1.29. The average Bonchev–Trinajstić information content (AvgIpc) is 2.27. The maximum Gasteiger partial charge on any atom is 0.119 e. The van der Waals surface area contributed by atoms with E-state index in [1.165, 1.54) is 5.56 Å². The molecule has 0 heterocycles. The van der Waals surface area contributed by atoms with Gasteiger partial charge < -0.3 is 4.74 Å². The summed E-state index contributed by atoms with van der Waals surface area (Å²) in [5, 5.41) is 3.23. The summed E-state index contributed by atoms with van der Waals surface area (Å²) in [6.45, 7) is 6.79. The standard InChI is InChI=1S/C14H19NO/c1-5-12(4)15-10-13-6-8-14(9-7-13)16-11(2)3/h1,6-9,11-12,15H,10H2,2-4H3. The third-order valence-electron chi connectivity index (χ3n) is 2.16. The lowest BCUT2D eigenvalue weighted by Crippen LogP contribution is -2.23. The van der Waals surface area contributed by atoms with Crippen LogP contribution in [0, 0.1) is 12.3 Å². The van der Waals surface area contributed by atoms with Gasteiger partial charge in [0.1, 0.15) is 5.75 Å². The number of nitrogens with one attached hydrogen (secondary N) is 1. The Labute approximate surface area is 98.0 Å². The van der Waals surface area contributed by atoms with Crippen LogP contribution in [0.2, 0.25) is 0 Å². The van der Waals surface area contributed by atoms with Crippen LogP contribution in [-0.2, 0) is 6.54 Å². The Kier molecular flexibility index (Phi) is 4.88. The molecule has 0 aliphatic heterocycles. The van der Waals surface area contributed by atoms with Crippen molar-refractivity contribution in [3.8, 4) is 18.1 Å². The van der Waals surface area contributed by atoms with Gasteiger partial charge >= 0.3 is 0 Å². The first kappa shape index (κ1) is 12.6. The molecule has 1 N–H and O–H groups in total. The highest BCUT2D eigenvalue weighted by Crippen LogP contribution is 2.13. The van der Waals surface area contributed by atoms with E-state index in [9.17, 15) is 0 Å². The van der Waals surface area contributed by atoms with Crippen LogP contribution in [0.3, 0.4) is 0 Å². The minimum atomic E-state index is 0.103. The quantitative estimate of drug-likeness (QED) is 0.765. The van der Waals surface area contributed by atoms with Crippen molar-refractivity contribution in [2.45, 2.75) is 39.5 Å². The molecule has 0 spiro atoms. The molecule has 2 nitrogen and oxygen atoms in total. The Hall–Kier alpha value is -1.46. The van der Waals surface area contributed by atoms with Gasteiger partial charge in [-0.3, -0.25) is 5.32 Å². The molecule has 0 amide bonds. The van der Waals surface area contributed by atoms with Crippen LogP contribution in [0.1, 0.15) is 26.3 Å². The number of hydrogen-bond donors (Lipinski definition) is 1. The minimum Gasteiger partial charge on any atom is -0.491 e. The Morgan fingerprint density at radius 2 is 1.88 bits per heavy atom. The fraction of sp³-hybridized carbons (Fsp3) is 0.429. The molecule has 1 aromatic rings. The molecule has 0 aliphatic carbocycles. The highest BCUT2D eigenvalue weighted by Gasteiger charge is 1.99. The first-order valence-corrected chi connectivity index (χ1v) is 5.57. The van der Waals surface area contributed by atoms with Gasteiger partial charge in [-0.05, 0) is 38.5 Å². The van der Waals surface area contributed by atoms with Gasteiger partial charge in [-0.25, -0.2) is 0 Å². The van der Waals surface area contributed by atoms with Crippen LogP contribution in [-0.4, -0.2) is 12.1 Å². The molecule has 1 rings (SSSR count). The van der Waals surface area contributed by atoms with Crippen molar-refractivity contribution in [3.05, 3.63) is 29.8 Å². The van der Waals surface area contributed by atoms with Crippen LogP contribution >= 0.6 is 0 Å². The van der Waals surface area contributed by atoms with E-state index in [4.69, 9.17) is 11.2 Å². The molecule has 0 aliphatic rings. The zero-order valence-electron chi connectivity index (χ0n) is 10.2. The molecule has 0 fully saturated rings. The second-order valence-electron chi connectivity index (χ2n) is 4.08. The summed E-state index contributed by atoms with van der Waals surface area (Å²) in [5.74, 6) is 3.54. The number of terminal acetylenes is 1. The zero-order valence-corrected chi connectivity index (χ0v) is 10.2. The van der Waals surface area contributed by atoms with E-state index in [1.54, 1.807) is 0 Å². The molecule has 2 heteroatoms. The van der Waals surface area contributed by atoms with Gasteiger partial charge in [0.25, 0.3) is 0 Å². The van der Waals surface area contributed by atoms with Gasteiger partial charge in [0.05, 0.1) is 12.1 Å². The first-order valence-electron chi connectivity index (χ1n) is 5.57. The maximum atomic E-state index is 5.56. The average molecular weight is 217 g/mol. The van der Waals surface area contributed by atoms with Crippen molar-refractivity contribution in [3.63, 3.8) is 0 Å². The van der Waals surface area contributed by atoms with Crippen molar-refractivity contribution < 1.29 is 4.74 Å². The minimum absolute atomic E-state index is 0.103. The topological polar surface area (TPSA) is 21.3 Å². The number of hydrogen-bond acceptors (Lipinski definition) is 2. The van der Waals surface area contributed by atoms with Crippen molar-refractivity contribution >= 4 is 0 Å². The lowest BCUT2D eigenvalue weighted by Gasteiger charge is -2.11. The molecule has 0 saturated carbocycles. The zero-order chi connectivity index (χ0) is 12.0. The molecule has 0 radical (unpaired) electrons. The molecule has 0 aromatic heterocycles. The highest BCUT2D eigenvalue weighted by molar-refractivity contribution is 5.27. The van der Waals surface area contributed by atoms with Crippen molar-refractivity contribution in [1.82, 2.24) is 5.32 Å². The maximum absolute atomic E-state index is 5.56. The van der Waals surface area contributed by atoms with Gasteiger partial charge in [0.2, 0.25) is 0 Å². The summed E-state index contributed by atoms with van der Waals surface area (Å²) < 4.78 is 5.56. The molecule has 1 aromatic carbocycles. The summed E-state index contributed by atoms with van der Waals surface area (Å²) in [6, 6.07) is 8.17. The smallest absolute Gasteiger partial charge is 0.119 e. The molecule has 0 bridgehead atoms. The molecule has 86 valence electrons. The Morgan fingerprint density at radius 1 is 1.25 bits per heavy atom. The SMILES string of the molecule is C#CC(C)NCc1ccc(OC(C)C)cc1. The third kappa shape index (κ3) is 4.37.